The number of ether oxygens (including phenoxy) is 2. The Hall–Kier alpha value is -1.77. The van der Waals surface area contributed by atoms with Gasteiger partial charge in [0.15, 0.2) is 5.69 Å². The molecule has 0 bridgehead atoms. The Labute approximate surface area is 98.9 Å². The SMILES string of the molecule is O=C(O)c1cc2n(n1)CC(COCC(F)(F)F)O2. The predicted octanol–water partition coefficient (Wildman–Crippen LogP) is 0.921. The summed E-state index contributed by atoms with van der Waals surface area (Å²) in [5.41, 5.74) is -0.167. The first kappa shape index (κ1) is 12.7. The van der Waals surface area contributed by atoms with Gasteiger partial charge in [0.05, 0.1) is 13.2 Å². The smallest absolute Gasteiger partial charge is 0.411 e. The summed E-state index contributed by atoms with van der Waals surface area (Å²) in [5.74, 6) is -0.974. The zero-order chi connectivity index (χ0) is 13.3. The average Bonchev–Trinajstić information content (AvgIpc) is 2.72. The highest BCUT2D eigenvalue weighted by Crippen LogP contribution is 2.23. The van der Waals surface area contributed by atoms with Crippen molar-refractivity contribution in [2.75, 3.05) is 13.2 Å². The Bertz CT molecular complexity index is 434. The van der Waals surface area contributed by atoms with E-state index in [-0.39, 0.29) is 24.7 Å². The lowest BCUT2D eigenvalue weighted by Gasteiger charge is -2.11. The van der Waals surface area contributed by atoms with Gasteiger partial charge in [-0.2, -0.15) is 18.3 Å². The van der Waals surface area contributed by atoms with Gasteiger partial charge in [-0.05, 0) is 0 Å². The lowest BCUT2D eigenvalue weighted by molar-refractivity contribution is -0.177. The van der Waals surface area contributed by atoms with Crippen molar-refractivity contribution in [3.05, 3.63) is 11.8 Å². The number of hydrogen-bond acceptors (Lipinski definition) is 4. The standard InChI is InChI=1S/C9H9F3N2O4/c10-9(11,12)4-17-3-5-2-14-7(18-5)1-6(13-14)8(15)16/h1,5H,2-4H2,(H,15,16). The van der Waals surface area contributed by atoms with E-state index in [1.807, 2.05) is 0 Å². The summed E-state index contributed by atoms with van der Waals surface area (Å²) in [6.07, 6.45) is -4.96. The first-order chi connectivity index (χ1) is 8.35. The highest BCUT2D eigenvalue weighted by atomic mass is 19.4. The van der Waals surface area contributed by atoms with Crippen molar-refractivity contribution in [3.8, 4) is 5.88 Å². The Kier molecular flexibility index (Phi) is 3.16. The molecule has 1 aliphatic rings. The van der Waals surface area contributed by atoms with E-state index in [0.717, 1.165) is 0 Å². The molecule has 18 heavy (non-hydrogen) atoms. The summed E-state index contributed by atoms with van der Waals surface area (Å²) in [5, 5.41) is 12.4. The number of aromatic carboxylic acids is 1. The minimum absolute atomic E-state index is 0.167. The fourth-order valence-electron chi connectivity index (χ4n) is 1.52. The van der Waals surface area contributed by atoms with Crippen LogP contribution in [0.5, 0.6) is 5.88 Å². The van der Waals surface area contributed by atoms with Crippen molar-refractivity contribution in [1.29, 1.82) is 0 Å². The molecule has 0 amide bonds. The van der Waals surface area contributed by atoms with Gasteiger partial charge in [0.2, 0.25) is 5.88 Å². The second kappa shape index (κ2) is 4.48. The fourth-order valence-corrected chi connectivity index (χ4v) is 1.52. The van der Waals surface area contributed by atoms with Gasteiger partial charge in [-0.15, -0.1) is 0 Å². The topological polar surface area (TPSA) is 73.6 Å². The van der Waals surface area contributed by atoms with Crippen LogP contribution in [0.4, 0.5) is 13.2 Å². The minimum Gasteiger partial charge on any atom is -0.476 e. The van der Waals surface area contributed by atoms with Gasteiger partial charge < -0.3 is 14.6 Å². The number of fused-ring (bicyclic) bond motifs is 1. The predicted molar refractivity (Wildman–Crippen MR) is 50.5 cm³/mol. The van der Waals surface area contributed by atoms with Gasteiger partial charge in [-0.1, -0.05) is 0 Å². The molecule has 1 atom stereocenters. The summed E-state index contributed by atoms with van der Waals surface area (Å²) in [6.45, 7) is -1.40. The average molecular weight is 266 g/mol. The molecule has 0 aliphatic carbocycles. The van der Waals surface area contributed by atoms with Crippen LogP contribution < -0.4 is 4.74 Å². The zero-order valence-corrected chi connectivity index (χ0v) is 8.98. The van der Waals surface area contributed by atoms with Crippen molar-refractivity contribution >= 4 is 5.97 Å². The molecule has 0 saturated carbocycles. The van der Waals surface area contributed by atoms with Crippen LogP contribution in [-0.2, 0) is 11.3 Å². The van der Waals surface area contributed by atoms with E-state index in [9.17, 15) is 18.0 Å². The first-order valence-electron chi connectivity index (χ1n) is 4.97. The third-order valence-corrected chi connectivity index (χ3v) is 2.20. The normalized spacial score (nSPS) is 18.5. The number of halogens is 3. The van der Waals surface area contributed by atoms with E-state index in [2.05, 4.69) is 9.84 Å². The lowest BCUT2D eigenvalue weighted by Crippen LogP contribution is -2.26. The summed E-state index contributed by atoms with van der Waals surface area (Å²) < 4.78 is 46.4. The first-order valence-corrected chi connectivity index (χ1v) is 4.97. The van der Waals surface area contributed by atoms with Crippen LogP contribution in [0, 0.1) is 0 Å². The van der Waals surface area contributed by atoms with E-state index in [1.165, 1.54) is 10.7 Å². The van der Waals surface area contributed by atoms with Crippen molar-refractivity contribution in [2.24, 2.45) is 0 Å². The number of aromatic nitrogens is 2. The molecule has 6 nitrogen and oxygen atoms in total. The van der Waals surface area contributed by atoms with Gasteiger partial charge in [0, 0.05) is 6.07 Å². The maximum Gasteiger partial charge on any atom is 0.411 e. The van der Waals surface area contributed by atoms with Crippen LogP contribution in [-0.4, -0.2) is 46.4 Å². The van der Waals surface area contributed by atoms with Crippen molar-refractivity contribution < 1.29 is 32.5 Å². The van der Waals surface area contributed by atoms with E-state index < -0.39 is 24.9 Å². The van der Waals surface area contributed by atoms with Crippen LogP contribution in [0.25, 0.3) is 0 Å². The van der Waals surface area contributed by atoms with Gasteiger partial charge in [0.25, 0.3) is 0 Å². The van der Waals surface area contributed by atoms with Crippen molar-refractivity contribution in [2.45, 2.75) is 18.8 Å². The van der Waals surface area contributed by atoms with Crippen molar-refractivity contribution in [3.63, 3.8) is 0 Å². The molecule has 1 aromatic heterocycles. The Morgan fingerprint density at radius 1 is 1.67 bits per heavy atom. The third-order valence-electron chi connectivity index (χ3n) is 2.20. The number of alkyl halides is 3. The molecular weight excluding hydrogens is 257 g/mol. The number of nitrogens with zero attached hydrogens (tertiary/aromatic N) is 2. The largest absolute Gasteiger partial charge is 0.476 e. The quantitative estimate of drug-likeness (QED) is 0.877. The highest BCUT2D eigenvalue weighted by molar-refractivity contribution is 5.85. The Balaban J connectivity index is 1.84. The molecule has 2 rings (SSSR count). The molecule has 0 radical (unpaired) electrons. The summed E-state index contributed by atoms with van der Waals surface area (Å²) in [7, 11) is 0. The summed E-state index contributed by atoms with van der Waals surface area (Å²) >= 11 is 0. The molecular formula is C9H9F3N2O4. The van der Waals surface area contributed by atoms with E-state index in [0.29, 0.717) is 0 Å². The molecule has 1 aliphatic heterocycles. The monoisotopic (exact) mass is 266 g/mol. The van der Waals surface area contributed by atoms with E-state index in [1.54, 1.807) is 0 Å². The maximum atomic E-state index is 11.8. The number of hydrogen-bond donors (Lipinski definition) is 1. The van der Waals surface area contributed by atoms with Crippen molar-refractivity contribution in [1.82, 2.24) is 9.78 Å². The van der Waals surface area contributed by atoms with Gasteiger partial charge in [-0.3, -0.25) is 0 Å². The third kappa shape index (κ3) is 2.92. The minimum atomic E-state index is -4.37. The number of rotatable bonds is 4. The molecule has 2 heterocycles. The number of carboxylic acids is 1. The highest BCUT2D eigenvalue weighted by Gasteiger charge is 2.30. The number of carboxylic acid groups (broad SMARTS) is 1. The van der Waals surface area contributed by atoms with Crippen LogP contribution in [0.2, 0.25) is 0 Å². The van der Waals surface area contributed by atoms with Crippen LogP contribution >= 0.6 is 0 Å². The molecule has 0 spiro atoms. The molecule has 0 fully saturated rings. The zero-order valence-electron chi connectivity index (χ0n) is 8.98. The van der Waals surface area contributed by atoms with Gasteiger partial charge in [-0.25, -0.2) is 9.48 Å². The summed E-state index contributed by atoms with van der Waals surface area (Å²) in [4.78, 5) is 10.6. The number of carbonyl (C=O) groups is 1. The Morgan fingerprint density at radius 3 is 2.94 bits per heavy atom. The summed E-state index contributed by atoms with van der Waals surface area (Å²) in [6, 6.07) is 1.21. The second-order valence-corrected chi connectivity index (χ2v) is 3.73. The molecule has 1 N–H and O–H groups in total. The van der Waals surface area contributed by atoms with Crippen LogP contribution in [0.1, 0.15) is 10.5 Å². The fraction of sp³-hybridized carbons (Fsp3) is 0.556. The molecule has 0 aromatic carbocycles. The van der Waals surface area contributed by atoms with E-state index in [4.69, 9.17) is 9.84 Å². The Morgan fingerprint density at radius 2 is 2.39 bits per heavy atom. The molecule has 1 unspecified atom stereocenters. The van der Waals surface area contributed by atoms with Gasteiger partial charge >= 0.3 is 12.1 Å². The van der Waals surface area contributed by atoms with Gasteiger partial charge in [0.1, 0.15) is 12.7 Å². The molecule has 100 valence electrons. The molecule has 0 saturated heterocycles. The maximum absolute atomic E-state index is 11.8. The second-order valence-electron chi connectivity index (χ2n) is 3.73. The lowest BCUT2D eigenvalue weighted by atomic mass is 10.4. The van der Waals surface area contributed by atoms with E-state index >= 15 is 0 Å². The molecule has 9 heteroatoms. The molecule has 1 aromatic rings. The van der Waals surface area contributed by atoms with Crippen LogP contribution in [0.15, 0.2) is 6.07 Å². The van der Waals surface area contributed by atoms with Crippen LogP contribution in [0.3, 0.4) is 0 Å².